The number of nitrogens with two attached hydrogens (primary N) is 1. The predicted molar refractivity (Wildman–Crippen MR) is 111 cm³/mol. The number of carbonyl (C=O) groups is 1. The highest BCUT2D eigenvalue weighted by molar-refractivity contribution is 6.17. The molecule has 4 rings (SSSR count). The summed E-state index contributed by atoms with van der Waals surface area (Å²) in [7, 11) is 0. The summed E-state index contributed by atoms with van der Waals surface area (Å²) in [6.07, 6.45) is 1.98. The number of fused-ring (bicyclic) bond motifs is 3. The minimum atomic E-state index is -0.403. The molecule has 0 aliphatic heterocycles. The smallest absolute Gasteiger partial charge is 0.249 e. The number of benzene rings is 3. The summed E-state index contributed by atoms with van der Waals surface area (Å²) in [5.41, 5.74) is 12.1. The number of rotatable bonds is 5. The summed E-state index contributed by atoms with van der Waals surface area (Å²) in [4.78, 5) is 12.0. The normalized spacial score (nSPS) is 11.3. The second-order valence-corrected chi connectivity index (χ2v) is 6.94. The van der Waals surface area contributed by atoms with Crippen LogP contribution in [0, 0.1) is 6.07 Å². The van der Waals surface area contributed by atoms with Gasteiger partial charge in [-0.1, -0.05) is 50.2 Å². The van der Waals surface area contributed by atoms with Gasteiger partial charge in [0, 0.05) is 22.9 Å². The van der Waals surface area contributed by atoms with Gasteiger partial charge in [-0.15, -0.1) is 0 Å². The molecule has 0 saturated heterocycles. The highest BCUT2D eigenvalue weighted by atomic mass is 16.1. The third kappa shape index (κ3) is 2.99. The van der Waals surface area contributed by atoms with E-state index in [1.807, 2.05) is 12.1 Å². The van der Waals surface area contributed by atoms with Gasteiger partial charge in [0.25, 0.3) is 0 Å². The van der Waals surface area contributed by atoms with Crippen molar-refractivity contribution in [3.63, 3.8) is 0 Å². The van der Waals surface area contributed by atoms with Crippen molar-refractivity contribution in [1.82, 2.24) is 4.57 Å². The lowest BCUT2D eigenvalue weighted by Gasteiger charge is -2.09. The third-order valence-corrected chi connectivity index (χ3v) is 5.30. The molecule has 0 unspecified atom stereocenters. The average molecular weight is 355 g/mol. The molecule has 135 valence electrons. The van der Waals surface area contributed by atoms with Crippen LogP contribution in [-0.4, -0.2) is 10.5 Å². The third-order valence-electron chi connectivity index (χ3n) is 5.30. The van der Waals surface area contributed by atoms with Crippen LogP contribution >= 0.6 is 0 Å². The van der Waals surface area contributed by atoms with Gasteiger partial charge < -0.3 is 10.3 Å². The molecule has 2 N–H and O–H groups in total. The van der Waals surface area contributed by atoms with Crippen molar-refractivity contribution in [2.24, 2.45) is 5.73 Å². The van der Waals surface area contributed by atoms with Gasteiger partial charge in [-0.2, -0.15) is 0 Å². The van der Waals surface area contributed by atoms with Crippen LogP contribution in [-0.2, 0) is 19.4 Å². The van der Waals surface area contributed by atoms with Crippen molar-refractivity contribution in [3.8, 4) is 0 Å². The van der Waals surface area contributed by atoms with E-state index in [1.54, 1.807) is 6.07 Å². The fraction of sp³-hybridized carbons (Fsp3) is 0.208. The number of aryl methyl sites for hydroxylation is 2. The van der Waals surface area contributed by atoms with Crippen LogP contribution in [0.2, 0.25) is 0 Å². The first kappa shape index (κ1) is 17.3. The van der Waals surface area contributed by atoms with Crippen molar-refractivity contribution in [1.29, 1.82) is 0 Å². The molecule has 0 saturated carbocycles. The van der Waals surface area contributed by atoms with Crippen molar-refractivity contribution in [2.45, 2.75) is 33.2 Å². The molecule has 1 amide bonds. The van der Waals surface area contributed by atoms with E-state index in [0.717, 1.165) is 41.2 Å². The molecule has 0 aliphatic rings. The molecule has 0 atom stereocenters. The van der Waals surface area contributed by atoms with Gasteiger partial charge in [0.1, 0.15) is 0 Å². The van der Waals surface area contributed by atoms with Crippen LogP contribution < -0.4 is 5.73 Å². The Bertz CT molecular complexity index is 1140. The van der Waals surface area contributed by atoms with Gasteiger partial charge in [-0.3, -0.25) is 4.79 Å². The van der Waals surface area contributed by atoms with Crippen molar-refractivity contribution >= 4 is 27.7 Å². The number of amides is 1. The number of aromatic nitrogens is 1. The summed E-state index contributed by atoms with van der Waals surface area (Å²) < 4.78 is 2.27. The maximum Gasteiger partial charge on any atom is 0.249 e. The summed E-state index contributed by atoms with van der Waals surface area (Å²) in [5.74, 6) is -0.403. The van der Waals surface area contributed by atoms with Gasteiger partial charge in [0.05, 0.1) is 11.0 Å². The van der Waals surface area contributed by atoms with E-state index in [1.165, 1.54) is 16.7 Å². The number of carbonyl (C=O) groups excluding carboxylic acids is 1. The Morgan fingerprint density at radius 3 is 2.33 bits per heavy atom. The summed E-state index contributed by atoms with van der Waals surface area (Å²) in [6, 6.07) is 22.1. The standard InChI is InChI=1S/C24H23N2O/c1-3-16-8-10-18(11-9-16)15-26-21-7-5-6-20(24(25)27)23(21)19-13-12-17(4-2)14-22(19)26/h5-12,14H,3-4,15H2,1-2H3,(H2,25,27). The quantitative estimate of drug-likeness (QED) is 0.546. The van der Waals surface area contributed by atoms with E-state index < -0.39 is 5.91 Å². The molecule has 3 heteroatoms. The molecule has 1 aromatic heterocycles. The molecular weight excluding hydrogens is 332 g/mol. The van der Waals surface area contributed by atoms with Crippen LogP contribution in [0.25, 0.3) is 21.8 Å². The lowest BCUT2D eigenvalue weighted by Crippen LogP contribution is -2.11. The first-order valence-corrected chi connectivity index (χ1v) is 9.45. The molecule has 0 fully saturated rings. The number of hydrogen-bond donors (Lipinski definition) is 1. The van der Waals surface area contributed by atoms with E-state index in [2.05, 4.69) is 60.9 Å². The van der Waals surface area contributed by atoms with Gasteiger partial charge in [0.15, 0.2) is 0 Å². The lowest BCUT2D eigenvalue weighted by molar-refractivity contribution is 0.100. The fourth-order valence-electron chi connectivity index (χ4n) is 3.74. The Kier molecular flexibility index (Phi) is 4.44. The highest BCUT2D eigenvalue weighted by Crippen LogP contribution is 2.32. The molecule has 0 spiro atoms. The number of nitrogens with zero attached hydrogens (tertiary/aromatic N) is 1. The summed E-state index contributed by atoms with van der Waals surface area (Å²) in [5, 5.41) is 1.86. The van der Waals surface area contributed by atoms with Crippen LogP contribution in [0.4, 0.5) is 0 Å². The Hall–Kier alpha value is -3.07. The topological polar surface area (TPSA) is 48.0 Å². The molecular formula is C24H23N2O. The van der Waals surface area contributed by atoms with Gasteiger partial charge in [-0.05, 0) is 53.8 Å². The Labute approximate surface area is 159 Å². The molecule has 0 bridgehead atoms. The first-order valence-electron chi connectivity index (χ1n) is 9.45. The minimum Gasteiger partial charge on any atom is -0.366 e. The van der Waals surface area contributed by atoms with Gasteiger partial charge in [0.2, 0.25) is 5.91 Å². The van der Waals surface area contributed by atoms with E-state index in [4.69, 9.17) is 5.73 Å². The van der Waals surface area contributed by atoms with Crippen LogP contribution in [0.1, 0.15) is 40.9 Å². The van der Waals surface area contributed by atoms with E-state index in [0.29, 0.717) is 5.56 Å². The molecule has 4 aromatic rings. The van der Waals surface area contributed by atoms with E-state index in [-0.39, 0.29) is 0 Å². The second-order valence-electron chi connectivity index (χ2n) is 6.94. The highest BCUT2D eigenvalue weighted by Gasteiger charge is 2.17. The van der Waals surface area contributed by atoms with Crippen molar-refractivity contribution in [3.05, 3.63) is 82.9 Å². The fourth-order valence-corrected chi connectivity index (χ4v) is 3.74. The zero-order chi connectivity index (χ0) is 19.0. The summed E-state index contributed by atoms with van der Waals surface area (Å²) in [6.45, 7) is 5.04. The summed E-state index contributed by atoms with van der Waals surface area (Å²) >= 11 is 0. The number of hydrogen-bond acceptors (Lipinski definition) is 1. The molecule has 3 nitrogen and oxygen atoms in total. The van der Waals surface area contributed by atoms with Crippen LogP contribution in [0.5, 0.6) is 0 Å². The Morgan fingerprint density at radius 2 is 1.67 bits per heavy atom. The Morgan fingerprint density at radius 1 is 0.963 bits per heavy atom. The zero-order valence-corrected chi connectivity index (χ0v) is 15.8. The van der Waals surface area contributed by atoms with Crippen LogP contribution in [0.3, 0.4) is 0 Å². The molecule has 27 heavy (non-hydrogen) atoms. The zero-order valence-electron chi connectivity index (χ0n) is 15.8. The van der Waals surface area contributed by atoms with E-state index >= 15 is 0 Å². The molecule has 1 heterocycles. The van der Waals surface area contributed by atoms with Crippen molar-refractivity contribution < 1.29 is 4.79 Å². The lowest BCUT2D eigenvalue weighted by atomic mass is 10.0. The number of primary amides is 1. The van der Waals surface area contributed by atoms with Crippen LogP contribution in [0.15, 0.2) is 54.6 Å². The Balaban J connectivity index is 1.98. The van der Waals surface area contributed by atoms with Gasteiger partial charge in [-0.25, -0.2) is 0 Å². The maximum absolute atomic E-state index is 12.0. The van der Waals surface area contributed by atoms with Gasteiger partial charge >= 0.3 is 0 Å². The molecule has 0 aliphatic carbocycles. The average Bonchev–Trinajstić information content (AvgIpc) is 3.01. The molecule has 3 aromatic carbocycles. The van der Waals surface area contributed by atoms with Crippen molar-refractivity contribution in [2.75, 3.05) is 0 Å². The maximum atomic E-state index is 12.0. The predicted octanol–water partition coefficient (Wildman–Crippen LogP) is 4.87. The second kappa shape index (κ2) is 6.92. The molecule has 1 radical (unpaired) electrons. The SMILES string of the molecule is CCc1ccc(Cn2c3cc(CC)c[c]c3c3c(C(N)=O)cccc32)cc1. The first-order chi connectivity index (χ1) is 13.1. The minimum absolute atomic E-state index is 0.403. The largest absolute Gasteiger partial charge is 0.366 e. The monoisotopic (exact) mass is 355 g/mol. The van der Waals surface area contributed by atoms with E-state index in [9.17, 15) is 4.79 Å².